The number of thiophene rings is 1. The predicted molar refractivity (Wildman–Crippen MR) is 98.0 cm³/mol. The second-order valence-corrected chi connectivity index (χ2v) is 8.84. The predicted octanol–water partition coefficient (Wildman–Crippen LogP) is 3.65. The van der Waals surface area contributed by atoms with Crippen molar-refractivity contribution in [1.82, 2.24) is 0 Å². The molecule has 0 saturated carbocycles. The van der Waals surface area contributed by atoms with Crippen molar-refractivity contribution in [2.24, 2.45) is 11.3 Å². The highest BCUT2D eigenvalue weighted by Gasteiger charge is 2.32. The highest BCUT2D eigenvalue weighted by molar-refractivity contribution is 7.17. The molecule has 0 radical (unpaired) electrons. The summed E-state index contributed by atoms with van der Waals surface area (Å²) < 4.78 is 13.8. The Labute approximate surface area is 156 Å². The van der Waals surface area contributed by atoms with Crippen LogP contribution in [0, 0.1) is 17.2 Å². The standard InChI is InChI=1S/C20H22FNO3S/c1-20(2,3)11-8-9-13-15(10-11)26-18(16(13)19(24)25)22-17(23)12-6-4-5-7-14(12)21/h4-7,11H,8-10H2,1-3H3,(H,22,23)(H,24,25)/p-1/t11-/m0/s1. The summed E-state index contributed by atoms with van der Waals surface area (Å²) in [5.74, 6) is -2.16. The maximum atomic E-state index is 13.8. The summed E-state index contributed by atoms with van der Waals surface area (Å²) >= 11 is 1.26. The Hall–Kier alpha value is -2.21. The topological polar surface area (TPSA) is 69.2 Å². The molecule has 138 valence electrons. The molecule has 1 amide bonds. The van der Waals surface area contributed by atoms with Crippen LogP contribution in [0.5, 0.6) is 0 Å². The van der Waals surface area contributed by atoms with Gasteiger partial charge in [0, 0.05) is 10.4 Å². The number of nitrogens with one attached hydrogen (secondary N) is 1. The third kappa shape index (κ3) is 3.51. The molecule has 0 aliphatic heterocycles. The van der Waals surface area contributed by atoms with Crippen LogP contribution in [-0.4, -0.2) is 11.9 Å². The molecule has 1 heterocycles. The molecule has 0 saturated heterocycles. The first kappa shape index (κ1) is 18.6. The average molecular weight is 374 g/mol. The van der Waals surface area contributed by atoms with Crippen LogP contribution in [0.4, 0.5) is 9.39 Å². The van der Waals surface area contributed by atoms with E-state index >= 15 is 0 Å². The second kappa shape index (κ2) is 6.83. The van der Waals surface area contributed by atoms with E-state index in [4.69, 9.17) is 0 Å². The number of amides is 1. The van der Waals surface area contributed by atoms with Crippen molar-refractivity contribution in [3.63, 3.8) is 0 Å². The molecule has 0 fully saturated rings. The van der Waals surface area contributed by atoms with E-state index in [9.17, 15) is 19.1 Å². The molecule has 4 nitrogen and oxygen atoms in total. The van der Waals surface area contributed by atoms with Gasteiger partial charge in [-0.1, -0.05) is 32.9 Å². The summed E-state index contributed by atoms with van der Waals surface area (Å²) in [5, 5.41) is 14.5. The number of anilines is 1. The number of fused-ring (bicyclic) bond motifs is 1. The van der Waals surface area contributed by atoms with Crippen LogP contribution in [0.25, 0.3) is 0 Å². The van der Waals surface area contributed by atoms with Crippen molar-refractivity contribution < 1.29 is 19.1 Å². The summed E-state index contributed by atoms with van der Waals surface area (Å²) in [5.41, 5.74) is 0.803. The van der Waals surface area contributed by atoms with Crippen LogP contribution in [0.15, 0.2) is 24.3 Å². The van der Waals surface area contributed by atoms with Crippen molar-refractivity contribution >= 4 is 28.2 Å². The summed E-state index contributed by atoms with van der Waals surface area (Å²) in [6.45, 7) is 6.53. The van der Waals surface area contributed by atoms with Crippen molar-refractivity contribution in [3.8, 4) is 0 Å². The van der Waals surface area contributed by atoms with Gasteiger partial charge >= 0.3 is 0 Å². The van der Waals surface area contributed by atoms with Crippen LogP contribution >= 0.6 is 11.3 Å². The van der Waals surface area contributed by atoms with Crippen LogP contribution in [0.2, 0.25) is 0 Å². The van der Waals surface area contributed by atoms with Gasteiger partial charge in [0.1, 0.15) is 10.8 Å². The number of carbonyl (C=O) groups is 2. The first-order valence-corrected chi connectivity index (χ1v) is 9.42. The summed E-state index contributed by atoms with van der Waals surface area (Å²) in [6.07, 6.45) is 2.32. The Kier molecular flexibility index (Phi) is 4.88. The van der Waals surface area contributed by atoms with Crippen molar-refractivity contribution in [2.75, 3.05) is 5.32 Å². The number of hydrogen-bond acceptors (Lipinski definition) is 4. The lowest BCUT2D eigenvalue weighted by atomic mass is 9.72. The smallest absolute Gasteiger partial charge is 0.259 e. The van der Waals surface area contributed by atoms with Crippen LogP contribution in [0.3, 0.4) is 0 Å². The van der Waals surface area contributed by atoms with Crippen molar-refractivity contribution in [1.29, 1.82) is 0 Å². The Bertz CT molecular complexity index is 866. The van der Waals surface area contributed by atoms with Gasteiger partial charge in [-0.25, -0.2) is 4.39 Å². The lowest BCUT2D eigenvalue weighted by Gasteiger charge is -2.34. The monoisotopic (exact) mass is 374 g/mol. The van der Waals surface area contributed by atoms with E-state index in [2.05, 4.69) is 26.1 Å². The third-order valence-corrected chi connectivity index (χ3v) is 6.21. The van der Waals surface area contributed by atoms with Crippen LogP contribution in [0.1, 0.15) is 58.3 Å². The van der Waals surface area contributed by atoms with Gasteiger partial charge in [-0.15, -0.1) is 11.3 Å². The minimum Gasteiger partial charge on any atom is -0.545 e. The third-order valence-electron chi connectivity index (χ3n) is 5.04. The molecule has 2 aromatic rings. The Morgan fingerprint density at radius 2 is 1.96 bits per heavy atom. The molecule has 6 heteroatoms. The van der Waals surface area contributed by atoms with E-state index in [1.807, 2.05) is 0 Å². The summed E-state index contributed by atoms with van der Waals surface area (Å²) in [7, 11) is 0. The average Bonchev–Trinajstić information content (AvgIpc) is 2.91. The zero-order valence-electron chi connectivity index (χ0n) is 15.0. The van der Waals surface area contributed by atoms with Gasteiger partial charge in [0.15, 0.2) is 0 Å². The van der Waals surface area contributed by atoms with E-state index in [-0.39, 0.29) is 21.5 Å². The van der Waals surface area contributed by atoms with Crippen LogP contribution in [-0.2, 0) is 12.8 Å². The molecular formula is C20H21FNO3S-. The van der Waals surface area contributed by atoms with Gasteiger partial charge in [-0.05, 0) is 48.3 Å². The maximum Gasteiger partial charge on any atom is 0.259 e. The van der Waals surface area contributed by atoms with E-state index in [0.717, 1.165) is 23.3 Å². The zero-order valence-corrected chi connectivity index (χ0v) is 15.8. The minimum absolute atomic E-state index is 0.0436. The number of aromatic carboxylic acids is 1. The van der Waals surface area contributed by atoms with Gasteiger partial charge in [0.25, 0.3) is 5.91 Å². The molecule has 1 aliphatic carbocycles. The number of carboxylic acid groups (broad SMARTS) is 1. The fraction of sp³-hybridized carbons (Fsp3) is 0.400. The highest BCUT2D eigenvalue weighted by Crippen LogP contribution is 2.44. The SMILES string of the molecule is CC(C)(C)[C@H]1CCc2c(sc(NC(=O)c3ccccc3F)c2C(=O)[O-])C1. The van der Waals surface area contributed by atoms with Crippen LogP contribution < -0.4 is 10.4 Å². The molecule has 26 heavy (non-hydrogen) atoms. The maximum absolute atomic E-state index is 13.8. The number of rotatable bonds is 3. The van der Waals surface area contributed by atoms with Gasteiger partial charge in [0.2, 0.25) is 0 Å². The molecule has 3 rings (SSSR count). The molecule has 1 N–H and O–H groups in total. The highest BCUT2D eigenvalue weighted by atomic mass is 32.1. The van der Waals surface area contributed by atoms with E-state index in [1.54, 1.807) is 6.07 Å². The summed E-state index contributed by atoms with van der Waals surface area (Å²) in [4.78, 5) is 25.0. The fourth-order valence-corrected chi connectivity index (χ4v) is 4.76. The first-order chi connectivity index (χ1) is 12.2. The molecule has 1 aliphatic rings. The second-order valence-electron chi connectivity index (χ2n) is 7.74. The molecule has 1 atom stereocenters. The zero-order chi connectivity index (χ0) is 19.1. The van der Waals surface area contributed by atoms with E-state index in [0.29, 0.717) is 12.3 Å². The molecular weight excluding hydrogens is 353 g/mol. The molecule has 0 bridgehead atoms. The Balaban J connectivity index is 1.94. The fourth-order valence-electron chi connectivity index (χ4n) is 3.44. The van der Waals surface area contributed by atoms with Crippen molar-refractivity contribution in [2.45, 2.75) is 40.0 Å². The van der Waals surface area contributed by atoms with E-state index < -0.39 is 17.7 Å². The number of carbonyl (C=O) groups excluding carboxylic acids is 2. The lowest BCUT2D eigenvalue weighted by molar-refractivity contribution is -0.255. The molecule has 0 spiro atoms. The molecule has 1 aromatic carbocycles. The van der Waals surface area contributed by atoms with Gasteiger partial charge in [-0.2, -0.15) is 0 Å². The van der Waals surface area contributed by atoms with E-state index in [1.165, 1.54) is 29.5 Å². The number of hydrogen-bond donors (Lipinski definition) is 1. The first-order valence-electron chi connectivity index (χ1n) is 8.60. The number of carboxylic acids is 1. The van der Waals surface area contributed by atoms with Gasteiger partial charge < -0.3 is 15.2 Å². The normalized spacial score (nSPS) is 16.8. The lowest BCUT2D eigenvalue weighted by Crippen LogP contribution is -2.29. The largest absolute Gasteiger partial charge is 0.545 e. The number of halogens is 1. The number of benzene rings is 1. The van der Waals surface area contributed by atoms with Crippen molar-refractivity contribution in [3.05, 3.63) is 51.7 Å². The van der Waals surface area contributed by atoms with Gasteiger partial charge in [-0.3, -0.25) is 4.79 Å². The molecule has 1 aromatic heterocycles. The summed E-state index contributed by atoms with van der Waals surface area (Å²) in [6, 6.07) is 5.62. The molecule has 0 unspecified atom stereocenters. The Morgan fingerprint density at radius 1 is 1.27 bits per heavy atom. The Morgan fingerprint density at radius 3 is 2.58 bits per heavy atom. The quantitative estimate of drug-likeness (QED) is 0.891. The minimum atomic E-state index is -1.31. The van der Waals surface area contributed by atoms with Gasteiger partial charge in [0.05, 0.1) is 11.5 Å².